The molecule has 170 valence electrons. The van der Waals surface area contributed by atoms with E-state index >= 15 is 0 Å². The molecule has 0 radical (unpaired) electrons. The molecular formula is C27H39NO3. The molecule has 0 bridgehead atoms. The minimum atomic E-state index is -0.0793. The number of esters is 1. The molecule has 2 aliphatic carbocycles. The zero-order valence-electron chi connectivity index (χ0n) is 19.2. The number of nitrogens with zero attached hydrogens (tertiary/aromatic N) is 1. The molecule has 1 aromatic rings. The molecule has 4 heteroatoms. The van der Waals surface area contributed by atoms with E-state index in [0.29, 0.717) is 24.5 Å². The van der Waals surface area contributed by atoms with E-state index in [2.05, 4.69) is 35.2 Å². The molecule has 0 unspecified atom stereocenters. The summed E-state index contributed by atoms with van der Waals surface area (Å²) in [5.41, 5.74) is 3.41. The van der Waals surface area contributed by atoms with E-state index in [-0.39, 0.29) is 5.97 Å². The number of hydrogen-bond acceptors (Lipinski definition) is 4. The van der Waals surface area contributed by atoms with Crippen molar-refractivity contribution in [1.29, 1.82) is 0 Å². The van der Waals surface area contributed by atoms with Crippen LogP contribution in [0.5, 0.6) is 5.75 Å². The summed E-state index contributed by atoms with van der Waals surface area (Å²) in [6, 6.07) is 8.75. The number of hydrogen-bond donors (Lipinski definition) is 0. The summed E-state index contributed by atoms with van der Waals surface area (Å²) in [5, 5.41) is 0. The maximum Gasteiger partial charge on any atom is 0.305 e. The van der Waals surface area contributed by atoms with Crippen molar-refractivity contribution in [3.8, 4) is 5.75 Å². The van der Waals surface area contributed by atoms with Gasteiger partial charge in [-0.1, -0.05) is 31.1 Å². The van der Waals surface area contributed by atoms with Crippen molar-refractivity contribution in [2.24, 2.45) is 5.41 Å². The Balaban J connectivity index is 1.20. The average Bonchev–Trinajstić information content (AvgIpc) is 3.25. The lowest BCUT2D eigenvalue weighted by atomic mass is 9.72. The van der Waals surface area contributed by atoms with Gasteiger partial charge >= 0.3 is 5.97 Å². The molecule has 1 aromatic carbocycles. The van der Waals surface area contributed by atoms with Gasteiger partial charge in [0.15, 0.2) is 0 Å². The normalized spacial score (nSPS) is 21.8. The van der Waals surface area contributed by atoms with Crippen LogP contribution in [0.1, 0.15) is 83.1 Å². The van der Waals surface area contributed by atoms with Gasteiger partial charge in [0.2, 0.25) is 0 Å². The molecule has 0 saturated heterocycles. The lowest BCUT2D eigenvalue weighted by Crippen LogP contribution is -2.30. The molecule has 2 fully saturated rings. The molecule has 3 aliphatic rings. The van der Waals surface area contributed by atoms with Crippen LogP contribution < -0.4 is 4.74 Å². The van der Waals surface area contributed by atoms with Crippen molar-refractivity contribution < 1.29 is 14.3 Å². The Labute approximate surface area is 188 Å². The SMILES string of the molecule is CCOC(=O)CCCN1CC=C(c2ccc(OC3CCC4(CCCC4)CC3)cc2)CC1. The molecule has 1 spiro atoms. The largest absolute Gasteiger partial charge is 0.490 e. The third-order valence-corrected chi connectivity index (χ3v) is 7.64. The Hall–Kier alpha value is -1.81. The van der Waals surface area contributed by atoms with Gasteiger partial charge in [-0.15, -0.1) is 0 Å². The highest BCUT2D eigenvalue weighted by molar-refractivity contribution is 5.69. The van der Waals surface area contributed by atoms with Crippen LogP contribution in [0, 0.1) is 5.41 Å². The van der Waals surface area contributed by atoms with E-state index < -0.39 is 0 Å². The second-order valence-electron chi connectivity index (χ2n) is 9.74. The van der Waals surface area contributed by atoms with Crippen LogP contribution in [-0.4, -0.2) is 43.2 Å². The maximum absolute atomic E-state index is 11.5. The molecule has 2 saturated carbocycles. The summed E-state index contributed by atoms with van der Waals surface area (Å²) in [4.78, 5) is 13.9. The molecule has 0 amide bonds. The fraction of sp³-hybridized carbons (Fsp3) is 0.667. The van der Waals surface area contributed by atoms with E-state index in [4.69, 9.17) is 9.47 Å². The summed E-state index contributed by atoms with van der Waals surface area (Å²) in [7, 11) is 0. The van der Waals surface area contributed by atoms with E-state index in [1.54, 1.807) is 0 Å². The van der Waals surface area contributed by atoms with Gasteiger partial charge < -0.3 is 9.47 Å². The fourth-order valence-corrected chi connectivity index (χ4v) is 5.74. The van der Waals surface area contributed by atoms with Crippen molar-refractivity contribution >= 4 is 11.5 Å². The summed E-state index contributed by atoms with van der Waals surface area (Å²) >= 11 is 0. The molecular weight excluding hydrogens is 386 g/mol. The Morgan fingerprint density at radius 1 is 1.10 bits per heavy atom. The van der Waals surface area contributed by atoms with E-state index in [9.17, 15) is 4.79 Å². The molecule has 1 aliphatic heterocycles. The third-order valence-electron chi connectivity index (χ3n) is 7.64. The van der Waals surface area contributed by atoms with Gasteiger partial charge in [-0.25, -0.2) is 0 Å². The van der Waals surface area contributed by atoms with Crippen LogP contribution in [0.4, 0.5) is 0 Å². The Morgan fingerprint density at radius 3 is 2.48 bits per heavy atom. The van der Waals surface area contributed by atoms with Crippen LogP contribution in [0.15, 0.2) is 30.3 Å². The number of carbonyl (C=O) groups is 1. The van der Waals surface area contributed by atoms with Crippen LogP contribution >= 0.6 is 0 Å². The lowest BCUT2D eigenvalue weighted by molar-refractivity contribution is -0.143. The van der Waals surface area contributed by atoms with Gasteiger partial charge in [0.05, 0.1) is 12.7 Å². The predicted octanol–water partition coefficient (Wildman–Crippen LogP) is 6.00. The Morgan fingerprint density at radius 2 is 1.84 bits per heavy atom. The van der Waals surface area contributed by atoms with Gasteiger partial charge in [-0.2, -0.15) is 0 Å². The van der Waals surface area contributed by atoms with Gasteiger partial charge in [0, 0.05) is 19.5 Å². The minimum absolute atomic E-state index is 0.0793. The number of rotatable bonds is 8. The van der Waals surface area contributed by atoms with E-state index in [0.717, 1.165) is 38.2 Å². The zero-order valence-corrected chi connectivity index (χ0v) is 19.2. The van der Waals surface area contributed by atoms with Gasteiger partial charge in [-0.05, 0) is 93.5 Å². The molecule has 31 heavy (non-hydrogen) atoms. The Bertz CT molecular complexity index is 738. The smallest absolute Gasteiger partial charge is 0.305 e. The quantitative estimate of drug-likeness (QED) is 0.479. The number of ether oxygens (including phenoxy) is 2. The van der Waals surface area contributed by atoms with Crippen LogP contribution in [0.3, 0.4) is 0 Å². The topological polar surface area (TPSA) is 38.8 Å². The highest BCUT2D eigenvalue weighted by Gasteiger charge is 2.38. The molecule has 4 nitrogen and oxygen atoms in total. The van der Waals surface area contributed by atoms with Crippen molar-refractivity contribution in [1.82, 2.24) is 4.90 Å². The minimum Gasteiger partial charge on any atom is -0.490 e. The predicted molar refractivity (Wildman–Crippen MR) is 125 cm³/mol. The van der Waals surface area contributed by atoms with Gasteiger partial charge in [-0.3, -0.25) is 9.69 Å². The molecule has 0 N–H and O–H groups in total. The van der Waals surface area contributed by atoms with E-state index in [1.807, 2.05) is 6.92 Å². The van der Waals surface area contributed by atoms with Crippen molar-refractivity contribution in [3.05, 3.63) is 35.9 Å². The first kappa shape index (κ1) is 22.4. The third kappa shape index (κ3) is 6.12. The molecule has 0 atom stereocenters. The van der Waals surface area contributed by atoms with Crippen LogP contribution in [0.25, 0.3) is 5.57 Å². The first-order valence-corrected chi connectivity index (χ1v) is 12.5. The van der Waals surface area contributed by atoms with Gasteiger partial charge in [0.1, 0.15) is 5.75 Å². The first-order chi connectivity index (χ1) is 15.2. The summed E-state index contributed by atoms with van der Waals surface area (Å²) in [6.07, 6.45) is 16.1. The summed E-state index contributed by atoms with van der Waals surface area (Å²) in [5.74, 6) is 0.942. The second kappa shape index (κ2) is 10.7. The average molecular weight is 426 g/mol. The second-order valence-corrected chi connectivity index (χ2v) is 9.74. The number of benzene rings is 1. The molecule has 1 heterocycles. The highest BCUT2D eigenvalue weighted by atomic mass is 16.5. The molecule has 4 rings (SSSR count). The van der Waals surface area contributed by atoms with Crippen molar-refractivity contribution in [2.75, 3.05) is 26.2 Å². The van der Waals surface area contributed by atoms with Crippen molar-refractivity contribution in [3.63, 3.8) is 0 Å². The zero-order chi connectivity index (χ0) is 21.5. The summed E-state index contributed by atoms with van der Waals surface area (Å²) in [6.45, 7) is 5.29. The number of carbonyl (C=O) groups excluding carboxylic acids is 1. The molecule has 0 aromatic heterocycles. The fourth-order valence-electron chi connectivity index (χ4n) is 5.74. The lowest BCUT2D eigenvalue weighted by Gasteiger charge is -2.37. The highest BCUT2D eigenvalue weighted by Crippen LogP contribution is 2.49. The van der Waals surface area contributed by atoms with Gasteiger partial charge in [0.25, 0.3) is 0 Å². The van der Waals surface area contributed by atoms with E-state index in [1.165, 1.54) is 62.5 Å². The first-order valence-electron chi connectivity index (χ1n) is 12.5. The van der Waals surface area contributed by atoms with Crippen molar-refractivity contribution in [2.45, 2.75) is 83.7 Å². The van der Waals surface area contributed by atoms with Crippen LogP contribution in [0.2, 0.25) is 0 Å². The summed E-state index contributed by atoms with van der Waals surface area (Å²) < 4.78 is 11.3. The standard InChI is InChI=1S/C27H39NO3/c1-2-30-26(29)6-5-19-28-20-13-23(14-21-28)22-7-9-24(10-8-22)31-25-11-17-27(18-12-25)15-3-4-16-27/h7-10,13,25H,2-6,11-12,14-21H2,1H3. The monoisotopic (exact) mass is 425 g/mol. The van der Waals surface area contributed by atoms with Crippen LogP contribution in [-0.2, 0) is 9.53 Å². The Kier molecular flexibility index (Phi) is 7.71. The maximum atomic E-state index is 11.5.